The van der Waals surface area contributed by atoms with Crippen molar-refractivity contribution in [1.29, 1.82) is 0 Å². The number of nitrogens with zero attached hydrogens (tertiary/aromatic N) is 1. The SMILES string of the molecule is COc1ccc2c(c1)[C@H]1CCCN3CCC[C@@H](C2)[C@H]13. The van der Waals surface area contributed by atoms with Crippen LogP contribution in [0, 0.1) is 5.92 Å². The van der Waals surface area contributed by atoms with Crippen molar-refractivity contribution in [2.45, 2.75) is 44.1 Å². The molecular formula is C17H23NO. The van der Waals surface area contributed by atoms with Gasteiger partial charge in [-0.25, -0.2) is 0 Å². The number of rotatable bonds is 1. The van der Waals surface area contributed by atoms with Gasteiger partial charge in [-0.1, -0.05) is 6.07 Å². The molecule has 0 N–H and O–H groups in total. The zero-order valence-electron chi connectivity index (χ0n) is 11.8. The van der Waals surface area contributed by atoms with Crippen LogP contribution in [-0.4, -0.2) is 31.1 Å². The molecule has 3 aliphatic rings. The van der Waals surface area contributed by atoms with Crippen molar-refractivity contribution in [3.8, 4) is 5.75 Å². The van der Waals surface area contributed by atoms with Crippen LogP contribution in [0.25, 0.3) is 0 Å². The summed E-state index contributed by atoms with van der Waals surface area (Å²) >= 11 is 0. The lowest BCUT2D eigenvalue weighted by molar-refractivity contribution is 0.0349. The minimum Gasteiger partial charge on any atom is -0.497 e. The molecular weight excluding hydrogens is 234 g/mol. The highest BCUT2D eigenvalue weighted by molar-refractivity contribution is 5.41. The van der Waals surface area contributed by atoms with Gasteiger partial charge in [0.15, 0.2) is 0 Å². The highest BCUT2D eigenvalue weighted by atomic mass is 16.5. The Kier molecular flexibility index (Phi) is 2.80. The number of ether oxygens (including phenoxy) is 1. The number of fused-ring (bicyclic) bond motifs is 2. The summed E-state index contributed by atoms with van der Waals surface area (Å²) in [6, 6.07) is 7.59. The molecule has 1 aromatic carbocycles. The van der Waals surface area contributed by atoms with E-state index >= 15 is 0 Å². The first-order chi connectivity index (χ1) is 9.36. The fourth-order valence-corrected chi connectivity index (χ4v) is 4.78. The Morgan fingerprint density at radius 3 is 2.84 bits per heavy atom. The summed E-state index contributed by atoms with van der Waals surface area (Å²) in [5.74, 6) is 2.70. The van der Waals surface area contributed by atoms with Gasteiger partial charge in [-0.3, -0.25) is 4.90 Å². The average molecular weight is 257 g/mol. The van der Waals surface area contributed by atoms with Crippen molar-refractivity contribution >= 4 is 0 Å². The molecule has 2 heterocycles. The van der Waals surface area contributed by atoms with Gasteiger partial charge < -0.3 is 4.74 Å². The van der Waals surface area contributed by atoms with Crippen molar-refractivity contribution in [2.75, 3.05) is 20.2 Å². The lowest BCUT2D eigenvalue weighted by Gasteiger charge is -2.52. The first-order valence-corrected chi connectivity index (χ1v) is 7.77. The Bertz CT molecular complexity index is 482. The number of hydrogen-bond acceptors (Lipinski definition) is 2. The van der Waals surface area contributed by atoms with Gasteiger partial charge in [-0.2, -0.15) is 0 Å². The van der Waals surface area contributed by atoms with Gasteiger partial charge in [0.2, 0.25) is 0 Å². The molecule has 0 unspecified atom stereocenters. The molecule has 2 nitrogen and oxygen atoms in total. The molecule has 0 spiro atoms. The maximum atomic E-state index is 5.44. The molecule has 0 aromatic heterocycles. The monoisotopic (exact) mass is 257 g/mol. The summed E-state index contributed by atoms with van der Waals surface area (Å²) in [5.41, 5.74) is 3.18. The first kappa shape index (κ1) is 11.8. The summed E-state index contributed by atoms with van der Waals surface area (Å²) in [4.78, 5) is 2.78. The third-order valence-electron chi connectivity index (χ3n) is 5.53. The lowest BCUT2D eigenvalue weighted by atomic mass is 9.66. The Morgan fingerprint density at radius 1 is 1.16 bits per heavy atom. The molecule has 1 aliphatic carbocycles. The van der Waals surface area contributed by atoms with Gasteiger partial charge in [-0.05, 0) is 74.4 Å². The van der Waals surface area contributed by atoms with E-state index in [1.165, 1.54) is 45.2 Å². The van der Waals surface area contributed by atoms with E-state index < -0.39 is 0 Å². The molecule has 2 fully saturated rings. The molecule has 2 aliphatic heterocycles. The van der Waals surface area contributed by atoms with Crippen LogP contribution in [-0.2, 0) is 6.42 Å². The van der Waals surface area contributed by atoms with Crippen LogP contribution in [0.15, 0.2) is 18.2 Å². The Hall–Kier alpha value is -1.02. The Labute approximate surface area is 115 Å². The van der Waals surface area contributed by atoms with Crippen LogP contribution >= 0.6 is 0 Å². The zero-order valence-corrected chi connectivity index (χ0v) is 11.8. The summed E-state index contributed by atoms with van der Waals surface area (Å²) in [7, 11) is 1.78. The molecule has 0 saturated carbocycles. The predicted molar refractivity (Wildman–Crippen MR) is 76.8 cm³/mol. The van der Waals surface area contributed by atoms with Crippen molar-refractivity contribution in [3.63, 3.8) is 0 Å². The molecule has 2 saturated heterocycles. The first-order valence-electron chi connectivity index (χ1n) is 7.77. The van der Waals surface area contributed by atoms with E-state index in [0.717, 1.165) is 23.6 Å². The number of hydrogen-bond donors (Lipinski definition) is 0. The molecule has 2 heteroatoms. The predicted octanol–water partition coefficient (Wildman–Crippen LogP) is 3.21. The maximum absolute atomic E-state index is 5.44. The summed E-state index contributed by atoms with van der Waals surface area (Å²) in [6.07, 6.45) is 6.86. The summed E-state index contributed by atoms with van der Waals surface area (Å²) in [6.45, 7) is 2.66. The van der Waals surface area contributed by atoms with Crippen molar-refractivity contribution in [2.24, 2.45) is 5.92 Å². The van der Waals surface area contributed by atoms with Gasteiger partial charge >= 0.3 is 0 Å². The summed E-state index contributed by atoms with van der Waals surface area (Å²) in [5, 5.41) is 0. The van der Waals surface area contributed by atoms with Gasteiger partial charge in [0.1, 0.15) is 5.75 Å². The van der Waals surface area contributed by atoms with Gasteiger partial charge in [-0.15, -0.1) is 0 Å². The smallest absolute Gasteiger partial charge is 0.119 e. The normalized spacial score (nSPS) is 33.4. The molecule has 0 radical (unpaired) electrons. The van der Waals surface area contributed by atoms with E-state index in [1.54, 1.807) is 18.2 Å². The van der Waals surface area contributed by atoms with E-state index in [-0.39, 0.29) is 0 Å². The molecule has 102 valence electrons. The number of piperidine rings is 2. The van der Waals surface area contributed by atoms with E-state index in [4.69, 9.17) is 4.74 Å². The van der Waals surface area contributed by atoms with Crippen LogP contribution in [0.4, 0.5) is 0 Å². The van der Waals surface area contributed by atoms with Crippen molar-refractivity contribution < 1.29 is 4.74 Å². The molecule has 0 bridgehead atoms. The second kappa shape index (κ2) is 4.52. The van der Waals surface area contributed by atoms with E-state index in [9.17, 15) is 0 Å². The number of benzene rings is 1. The minimum atomic E-state index is 0.762. The van der Waals surface area contributed by atoms with Crippen LogP contribution in [0.3, 0.4) is 0 Å². The molecule has 4 rings (SSSR count). The Morgan fingerprint density at radius 2 is 2.00 bits per heavy atom. The number of methoxy groups -OCH3 is 1. The van der Waals surface area contributed by atoms with Crippen LogP contribution in [0.1, 0.15) is 42.7 Å². The van der Waals surface area contributed by atoms with E-state index in [1.807, 2.05) is 0 Å². The Balaban J connectivity index is 1.77. The maximum Gasteiger partial charge on any atom is 0.119 e. The quantitative estimate of drug-likeness (QED) is 0.766. The highest BCUT2D eigenvalue weighted by Crippen LogP contribution is 2.47. The van der Waals surface area contributed by atoms with Crippen molar-refractivity contribution in [3.05, 3.63) is 29.3 Å². The van der Waals surface area contributed by atoms with Gasteiger partial charge in [0.05, 0.1) is 7.11 Å². The fourth-order valence-electron chi connectivity index (χ4n) is 4.78. The van der Waals surface area contributed by atoms with Crippen LogP contribution in [0.5, 0.6) is 5.75 Å². The largest absolute Gasteiger partial charge is 0.497 e. The van der Waals surface area contributed by atoms with Gasteiger partial charge in [0.25, 0.3) is 0 Å². The zero-order chi connectivity index (χ0) is 12.8. The second-order valence-corrected chi connectivity index (χ2v) is 6.45. The van der Waals surface area contributed by atoms with Crippen LogP contribution in [0.2, 0.25) is 0 Å². The average Bonchev–Trinajstić information content (AvgIpc) is 2.47. The molecule has 3 atom stereocenters. The third-order valence-corrected chi connectivity index (χ3v) is 5.53. The topological polar surface area (TPSA) is 12.5 Å². The highest BCUT2D eigenvalue weighted by Gasteiger charge is 2.43. The third kappa shape index (κ3) is 1.80. The minimum absolute atomic E-state index is 0.762. The van der Waals surface area contributed by atoms with Crippen molar-refractivity contribution in [1.82, 2.24) is 4.90 Å². The lowest BCUT2D eigenvalue weighted by Crippen LogP contribution is -2.54. The van der Waals surface area contributed by atoms with Crippen LogP contribution < -0.4 is 4.74 Å². The van der Waals surface area contributed by atoms with E-state index in [2.05, 4.69) is 23.1 Å². The molecule has 1 aromatic rings. The standard InChI is InChI=1S/C17H23NO/c1-19-14-7-6-12-10-13-4-2-8-18-9-3-5-15(17(13)18)16(12)11-14/h6-7,11,13,15,17H,2-5,8-10H2,1H3/t13-,15+,17+/m0/s1. The molecule has 0 amide bonds. The molecule has 19 heavy (non-hydrogen) atoms. The van der Waals surface area contributed by atoms with E-state index in [0.29, 0.717) is 0 Å². The second-order valence-electron chi connectivity index (χ2n) is 6.45. The van der Waals surface area contributed by atoms with Gasteiger partial charge in [0, 0.05) is 12.0 Å². The fraction of sp³-hybridized carbons (Fsp3) is 0.647. The summed E-state index contributed by atoms with van der Waals surface area (Å²) < 4.78 is 5.44.